The van der Waals surface area contributed by atoms with Gasteiger partial charge in [0.2, 0.25) is 0 Å². The molecule has 0 aliphatic carbocycles. The summed E-state index contributed by atoms with van der Waals surface area (Å²) in [5.41, 5.74) is -0.320. The Morgan fingerprint density at radius 1 is 1.06 bits per heavy atom. The van der Waals surface area contributed by atoms with E-state index in [0.717, 1.165) is 18.2 Å². The first kappa shape index (κ1) is 23.5. The number of nitro groups is 1. The molecule has 0 saturated carbocycles. The number of nitrogens with one attached hydrogen (secondary N) is 1. The molecule has 1 amide bonds. The van der Waals surface area contributed by atoms with Gasteiger partial charge in [-0.05, 0) is 44.5 Å². The Morgan fingerprint density at radius 2 is 1.65 bits per heavy atom. The zero-order valence-corrected chi connectivity index (χ0v) is 17.1. The molecule has 0 saturated heterocycles. The minimum Gasteiger partial charge on any atom is -0.462 e. The fourth-order valence-corrected chi connectivity index (χ4v) is 2.61. The van der Waals surface area contributed by atoms with Crippen LogP contribution in [0.15, 0.2) is 42.5 Å². The van der Waals surface area contributed by atoms with E-state index in [0.29, 0.717) is 5.56 Å². The second kappa shape index (κ2) is 10.3. The van der Waals surface area contributed by atoms with Crippen LogP contribution in [0.5, 0.6) is 0 Å². The van der Waals surface area contributed by atoms with E-state index in [1.165, 1.54) is 31.2 Å². The summed E-state index contributed by atoms with van der Waals surface area (Å²) in [4.78, 5) is 47.1. The molecule has 0 aliphatic rings. The minimum absolute atomic E-state index is 0.0464. The Kier molecular flexibility index (Phi) is 7.78. The highest BCUT2D eigenvalue weighted by Gasteiger charge is 2.24. The van der Waals surface area contributed by atoms with Gasteiger partial charge in [-0.15, -0.1) is 0 Å². The first-order valence-electron chi connectivity index (χ1n) is 9.35. The second-order valence-corrected chi connectivity index (χ2v) is 6.58. The van der Waals surface area contributed by atoms with Gasteiger partial charge < -0.3 is 14.8 Å². The third-order valence-electron chi connectivity index (χ3n) is 4.26. The molecule has 0 aromatic heterocycles. The molecule has 31 heavy (non-hydrogen) atoms. The van der Waals surface area contributed by atoms with Crippen LogP contribution in [-0.4, -0.2) is 35.5 Å². The summed E-state index contributed by atoms with van der Waals surface area (Å²) in [5, 5.41) is 13.8. The van der Waals surface area contributed by atoms with Crippen molar-refractivity contribution in [3.05, 3.63) is 75.1 Å². The van der Waals surface area contributed by atoms with E-state index in [1.54, 1.807) is 13.8 Å². The zero-order chi connectivity index (χ0) is 23.1. The lowest BCUT2D eigenvalue weighted by Gasteiger charge is -2.18. The van der Waals surface area contributed by atoms with Crippen molar-refractivity contribution in [2.24, 2.45) is 0 Å². The van der Waals surface area contributed by atoms with Crippen LogP contribution in [0.1, 0.15) is 53.1 Å². The molecule has 2 aromatic rings. The van der Waals surface area contributed by atoms with Crippen molar-refractivity contribution < 1.29 is 33.2 Å². The summed E-state index contributed by atoms with van der Waals surface area (Å²) in [6.45, 7) is 4.61. The Hall–Kier alpha value is -3.82. The maximum Gasteiger partial charge on any atom is 0.339 e. The molecular weight excluding hydrogens is 411 g/mol. The number of nitro benzene ring substituents is 1. The standard InChI is InChI=1S/C21H21FN2O7/c1-4-30-20(26)15-9-16(11-18(10-15)24(28)29)21(27)31-13(3)19(25)23-12(2)14-5-7-17(22)8-6-14/h5-13H,4H2,1-3H3,(H,23,25). The van der Waals surface area contributed by atoms with Crippen molar-refractivity contribution in [2.75, 3.05) is 6.61 Å². The van der Waals surface area contributed by atoms with Gasteiger partial charge in [-0.3, -0.25) is 14.9 Å². The van der Waals surface area contributed by atoms with Gasteiger partial charge in [0, 0.05) is 12.1 Å². The number of rotatable bonds is 8. The van der Waals surface area contributed by atoms with Gasteiger partial charge in [0.15, 0.2) is 6.10 Å². The topological polar surface area (TPSA) is 125 Å². The number of ether oxygens (including phenoxy) is 2. The molecule has 0 spiro atoms. The number of amides is 1. The number of carbonyl (C=O) groups excluding carboxylic acids is 3. The summed E-state index contributed by atoms with van der Waals surface area (Å²) < 4.78 is 22.9. The van der Waals surface area contributed by atoms with E-state index >= 15 is 0 Å². The number of benzene rings is 2. The number of hydrogen-bond acceptors (Lipinski definition) is 7. The van der Waals surface area contributed by atoms with Gasteiger partial charge in [0.25, 0.3) is 11.6 Å². The largest absolute Gasteiger partial charge is 0.462 e. The number of nitrogens with zero attached hydrogens (tertiary/aromatic N) is 1. The highest BCUT2D eigenvalue weighted by atomic mass is 19.1. The maximum absolute atomic E-state index is 13.0. The SMILES string of the molecule is CCOC(=O)c1cc(C(=O)OC(C)C(=O)NC(C)c2ccc(F)cc2)cc([N+](=O)[O-])c1. The number of hydrogen-bond donors (Lipinski definition) is 1. The average Bonchev–Trinajstić information content (AvgIpc) is 2.73. The van der Waals surface area contributed by atoms with Crippen LogP contribution in [0.25, 0.3) is 0 Å². The van der Waals surface area contributed by atoms with Crippen molar-refractivity contribution in [1.82, 2.24) is 5.32 Å². The molecule has 0 heterocycles. The van der Waals surface area contributed by atoms with Gasteiger partial charge in [0.05, 0.1) is 28.7 Å². The summed E-state index contributed by atoms with van der Waals surface area (Å²) >= 11 is 0. The van der Waals surface area contributed by atoms with E-state index < -0.39 is 46.4 Å². The second-order valence-electron chi connectivity index (χ2n) is 6.58. The van der Waals surface area contributed by atoms with Crippen LogP contribution in [-0.2, 0) is 14.3 Å². The van der Waals surface area contributed by atoms with E-state index in [2.05, 4.69) is 5.32 Å². The van der Waals surface area contributed by atoms with Crippen LogP contribution in [0, 0.1) is 15.9 Å². The van der Waals surface area contributed by atoms with Gasteiger partial charge in [0.1, 0.15) is 5.82 Å². The van der Waals surface area contributed by atoms with E-state index in [9.17, 15) is 28.9 Å². The molecule has 2 aromatic carbocycles. The molecule has 1 N–H and O–H groups in total. The Balaban J connectivity index is 2.12. The zero-order valence-electron chi connectivity index (χ0n) is 17.1. The monoisotopic (exact) mass is 432 g/mol. The molecule has 10 heteroatoms. The smallest absolute Gasteiger partial charge is 0.339 e. The van der Waals surface area contributed by atoms with Crippen LogP contribution >= 0.6 is 0 Å². The normalized spacial score (nSPS) is 12.4. The highest BCUT2D eigenvalue weighted by molar-refractivity contribution is 5.97. The predicted octanol–water partition coefficient (Wildman–Crippen LogP) is 3.33. The van der Waals surface area contributed by atoms with E-state index in [-0.39, 0.29) is 17.7 Å². The Morgan fingerprint density at radius 3 is 2.19 bits per heavy atom. The van der Waals surface area contributed by atoms with Crippen LogP contribution in [0.4, 0.5) is 10.1 Å². The quantitative estimate of drug-likeness (QED) is 0.385. The average molecular weight is 432 g/mol. The molecular formula is C21H21FN2O7. The van der Waals surface area contributed by atoms with Crippen molar-refractivity contribution >= 4 is 23.5 Å². The van der Waals surface area contributed by atoms with Gasteiger partial charge in [-0.2, -0.15) is 0 Å². The lowest BCUT2D eigenvalue weighted by Crippen LogP contribution is -2.37. The third kappa shape index (κ3) is 6.33. The maximum atomic E-state index is 13.0. The number of non-ortho nitro benzene ring substituents is 1. The summed E-state index contributed by atoms with van der Waals surface area (Å²) in [6, 6.07) is 8.07. The summed E-state index contributed by atoms with van der Waals surface area (Å²) in [6.07, 6.45) is -1.24. The molecule has 164 valence electrons. The molecule has 2 atom stereocenters. The summed E-state index contributed by atoms with van der Waals surface area (Å²) in [5.74, 6) is -2.89. The Labute approximate surface area is 177 Å². The Bertz CT molecular complexity index is 992. The minimum atomic E-state index is -1.24. The first-order valence-corrected chi connectivity index (χ1v) is 9.35. The van der Waals surface area contributed by atoms with Crippen molar-refractivity contribution in [3.8, 4) is 0 Å². The van der Waals surface area contributed by atoms with Crippen LogP contribution < -0.4 is 5.32 Å². The molecule has 0 fully saturated rings. The lowest BCUT2D eigenvalue weighted by molar-refractivity contribution is -0.384. The van der Waals surface area contributed by atoms with Crippen LogP contribution in [0.2, 0.25) is 0 Å². The molecule has 0 radical (unpaired) electrons. The molecule has 2 rings (SSSR count). The third-order valence-corrected chi connectivity index (χ3v) is 4.26. The predicted molar refractivity (Wildman–Crippen MR) is 107 cm³/mol. The number of carbonyl (C=O) groups is 3. The van der Waals surface area contributed by atoms with Crippen molar-refractivity contribution in [2.45, 2.75) is 32.9 Å². The van der Waals surface area contributed by atoms with Gasteiger partial charge in [-0.25, -0.2) is 14.0 Å². The fourth-order valence-electron chi connectivity index (χ4n) is 2.61. The molecule has 0 bridgehead atoms. The highest BCUT2D eigenvalue weighted by Crippen LogP contribution is 2.20. The molecule has 9 nitrogen and oxygen atoms in total. The van der Waals surface area contributed by atoms with Gasteiger partial charge in [-0.1, -0.05) is 12.1 Å². The van der Waals surface area contributed by atoms with Crippen LogP contribution in [0.3, 0.4) is 0 Å². The molecule has 0 aliphatic heterocycles. The van der Waals surface area contributed by atoms with Crippen molar-refractivity contribution in [1.29, 1.82) is 0 Å². The molecule has 2 unspecified atom stereocenters. The van der Waals surface area contributed by atoms with E-state index in [1.807, 2.05) is 0 Å². The van der Waals surface area contributed by atoms with E-state index in [4.69, 9.17) is 9.47 Å². The first-order chi connectivity index (χ1) is 14.6. The lowest BCUT2D eigenvalue weighted by atomic mass is 10.1. The van der Waals surface area contributed by atoms with Gasteiger partial charge >= 0.3 is 11.9 Å². The van der Waals surface area contributed by atoms with Crippen molar-refractivity contribution in [3.63, 3.8) is 0 Å². The number of halogens is 1. The number of esters is 2. The summed E-state index contributed by atoms with van der Waals surface area (Å²) in [7, 11) is 0. The fraction of sp³-hybridized carbons (Fsp3) is 0.286.